The van der Waals surface area contributed by atoms with Crippen LogP contribution in [0.5, 0.6) is 0 Å². The van der Waals surface area contributed by atoms with Crippen LogP contribution in [-0.4, -0.2) is 43.3 Å². The number of unbranched alkanes of at least 4 members (excludes halogenated alkanes) is 26. The fourth-order valence-corrected chi connectivity index (χ4v) is 6.74. The van der Waals surface area contributed by atoms with Crippen LogP contribution in [0.15, 0.2) is 24.3 Å². The molecule has 0 amide bonds. The fourth-order valence-electron chi connectivity index (χ4n) is 6.28. The monoisotopic (exact) mass is 771 g/mol. The molecule has 53 heavy (non-hydrogen) atoms. The van der Waals surface area contributed by atoms with Crippen molar-refractivity contribution in [2.75, 3.05) is 20.3 Å². The van der Waals surface area contributed by atoms with E-state index in [1.165, 1.54) is 141 Å². The molecule has 0 aliphatic rings. The smallest absolute Gasteiger partial charge is 0.462 e. The van der Waals surface area contributed by atoms with Crippen molar-refractivity contribution in [1.82, 2.24) is 0 Å². The van der Waals surface area contributed by atoms with Crippen LogP contribution >= 0.6 is 7.82 Å². The molecule has 0 saturated carbocycles. The summed E-state index contributed by atoms with van der Waals surface area (Å²) < 4.78 is 32.0. The number of allylic oxidation sites excluding steroid dienone is 4. The minimum absolute atomic E-state index is 0.222. The summed E-state index contributed by atoms with van der Waals surface area (Å²) >= 11 is 0. The average Bonchev–Trinajstić information content (AvgIpc) is 3.15. The lowest BCUT2D eigenvalue weighted by Crippen LogP contribution is -2.29. The first-order chi connectivity index (χ1) is 25.8. The van der Waals surface area contributed by atoms with Crippen LogP contribution in [0.4, 0.5) is 0 Å². The minimum atomic E-state index is -4.26. The highest BCUT2D eigenvalue weighted by Gasteiger charge is 2.24. The Morgan fingerprint density at radius 3 is 1.36 bits per heavy atom. The van der Waals surface area contributed by atoms with Crippen LogP contribution in [0, 0.1) is 0 Å². The van der Waals surface area contributed by atoms with Gasteiger partial charge in [0.05, 0.1) is 6.61 Å². The molecular formula is C44H83O8P. The van der Waals surface area contributed by atoms with Crippen molar-refractivity contribution < 1.29 is 37.6 Å². The predicted octanol–water partition coefficient (Wildman–Crippen LogP) is 13.8. The van der Waals surface area contributed by atoms with Gasteiger partial charge >= 0.3 is 19.8 Å². The number of ether oxygens (including phenoxy) is 2. The molecule has 312 valence electrons. The molecule has 2 atom stereocenters. The molecule has 1 N–H and O–H groups in total. The maximum absolute atomic E-state index is 12.5. The zero-order valence-corrected chi connectivity index (χ0v) is 35.6. The van der Waals surface area contributed by atoms with Crippen molar-refractivity contribution in [3.63, 3.8) is 0 Å². The summed E-state index contributed by atoms with van der Waals surface area (Å²) in [5, 5.41) is 0. The summed E-state index contributed by atoms with van der Waals surface area (Å²) in [5.41, 5.74) is 0. The molecule has 0 spiro atoms. The van der Waals surface area contributed by atoms with Crippen molar-refractivity contribution in [3.8, 4) is 0 Å². The number of carbonyl (C=O) groups excluding carboxylic acids is 2. The molecule has 2 unspecified atom stereocenters. The molecule has 8 nitrogen and oxygen atoms in total. The van der Waals surface area contributed by atoms with E-state index in [-0.39, 0.29) is 19.0 Å². The number of phosphoric acid groups is 1. The van der Waals surface area contributed by atoms with Crippen LogP contribution in [-0.2, 0) is 32.7 Å². The second-order valence-electron chi connectivity index (χ2n) is 14.8. The summed E-state index contributed by atoms with van der Waals surface area (Å²) in [5.74, 6) is -0.799. The van der Waals surface area contributed by atoms with E-state index in [2.05, 4.69) is 42.7 Å². The van der Waals surface area contributed by atoms with Crippen LogP contribution in [0.25, 0.3) is 0 Å². The largest absolute Gasteiger partial charge is 0.472 e. The molecule has 0 saturated heterocycles. The highest BCUT2D eigenvalue weighted by molar-refractivity contribution is 7.47. The molecule has 9 heteroatoms. The normalized spacial score (nSPS) is 13.5. The first-order valence-corrected chi connectivity index (χ1v) is 23.5. The number of rotatable bonds is 41. The van der Waals surface area contributed by atoms with Gasteiger partial charge in [-0.05, 0) is 44.9 Å². The Bertz CT molecular complexity index is 921. The Morgan fingerprint density at radius 2 is 0.906 bits per heavy atom. The lowest BCUT2D eigenvalue weighted by molar-refractivity contribution is -0.161. The van der Waals surface area contributed by atoms with E-state index >= 15 is 0 Å². The molecule has 0 bridgehead atoms. The van der Waals surface area contributed by atoms with Gasteiger partial charge < -0.3 is 14.4 Å². The number of esters is 2. The van der Waals surface area contributed by atoms with Crippen molar-refractivity contribution in [3.05, 3.63) is 24.3 Å². The summed E-state index contributed by atoms with van der Waals surface area (Å²) in [6.45, 7) is 3.88. The lowest BCUT2D eigenvalue weighted by atomic mass is 10.0. The van der Waals surface area contributed by atoms with Crippen LogP contribution < -0.4 is 0 Å². The van der Waals surface area contributed by atoms with Gasteiger partial charge in [-0.3, -0.25) is 18.6 Å². The second-order valence-corrected chi connectivity index (χ2v) is 16.4. The Morgan fingerprint density at radius 1 is 0.528 bits per heavy atom. The van der Waals surface area contributed by atoms with E-state index in [1.54, 1.807) is 0 Å². The van der Waals surface area contributed by atoms with Crippen LogP contribution in [0.1, 0.15) is 219 Å². The van der Waals surface area contributed by atoms with Gasteiger partial charge in [0.15, 0.2) is 6.10 Å². The zero-order valence-electron chi connectivity index (χ0n) is 34.7. The van der Waals surface area contributed by atoms with E-state index in [0.29, 0.717) is 12.8 Å². The van der Waals surface area contributed by atoms with E-state index < -0.39 is 26.5 Å². The Kier molecular flexibility index (Phi) is 39.1. The van der Waals surface area contributed by atoms with E-state index in [0.717, 1.165) is 52.1 Å². The zero-order chi connectivity index (χ0) is 38.9. The Hall–Kier alpha value is -1.47. The number of carbonyl (C=O) groups is 2. The van der Waals surface area contributed by atoms with Crippen molar-refractivity contribution in [2.45, 2.75) is 225 Å². The van der Waals surface area contributed by atoms with Crippen molar-refractivity contribution in [1.29, 1.82) is 0 Å². The summed E-state index contributed by atoms with van der Waals surface area (Å²) in [7, 11) is -3.20. The third-order valence-electron chi connectivity index (χ3n) is 9.70. The number of hydrogen-bond acceptors (Lipinski definition) is 7. The van der Waals surface area contributed by atoms with Gasteiger partial charge in [0, 0.05) is 20.0 Å². The fraction of sp³-hybridized carbons (Fsp3) is 0.864. The Labute approximate surface area is 326 Å². The molecule has 0 radical (unpaired) electrons. The van der Waals surface area contributed by atoms with Gasteiger partial charge in [0.2, 0.25) is 0 Å². The molecule has 0 aromatic heterocycles. The van der Waals surface area contributed by atoms with Gasteiger partial charge in [0.1, 0.15) is 6.61 Å². The van der Waals surface area contributed by atoms with Crippen LogP contribution in [0.3, 0.4) is 0 Å². The summed E-state index contributed by atoms with van der Waals surface area (Å²) in [6, 6.07) is 0. The molecule has 0 aliphatic carbocycles. The molecule has 0 aromatic rings. The number of hydrogen-bond donors (Lipinski definition) is 1. The molecule has 0 aromatic carbocycles. The van der Waals surface area contributed by atoms with Gasteiger partial charge in [-0.15, -0.1) is 0 Å². The first kappa shape index (κ1) is 51.5. The van der Waals surface area contributed by atoms with E-state index in [9.17, 15) is 19.0 Å². The van der Waals surface area contributed by atoms with E-state index in [1.807, 2.05) is 0 Å². The quantitative estimate of drug-likeness (QED) is 0.0283. The first-order valence-electron chi connectivity index (χ1n) is 22.0. The highest BCUT2D eigenvalue weighted by atomic mass is 31.2. The van der Waals surface area contributed by atoms with Gasteiger partial charge in [0.25, 0.3) is 0 Å². The second kappa shape index (κ2) is 40.2. The average molecular weight is 771 g/mol. The molecule has 0 aliphatic heterocycles. The standard InChI is InChI=1S/C44H83O8P/c1-4-6-8-10-12-14-16-18-20-21-22-23-25-27-29-31-33-35-37-39-44(46)52-42(41-51-53(47,48)49-3)40-50-43(45)38-36-34-32-30-28-26-24-19-17-15-13-11-9-7-5-2/h12,14,18,20,42H,4-11,13,15-17,19,21-41H2,1-3H3,(H,47,48)/b14-12-,20-18-. The molecular weight excluding hydrogens is 687 g/mol. The van der Waals surface area contributed by atoms with Crippen LogP contribution in [0.2, 0.25) is 0 Å². The van der Waals surface area contributed by atoms with Crippen molar-refractivity contribution >= 4 is 19.8 Å². The SMILES string of the molecule is CCCCC/C=C\C/C=C\CCCCCCCCCCCC(=O)OC(COC(=O)CCCCCCCCCCCCCCCCC)COP(=O)(O)OC. The highest BCUT2D eigenvalue weighted by Crippen LogP contribution is 2.42. The molecule has 0 rings (SSSR count). The van der Waals surface area contributed by atoms with Gasteiger partial charge in [-0.25, -0.2) is 4.57 Å². The number of phosphoric ester groups is 1. The molecule has 0 fully saturated rings. The van der Waals surface area contributed by atoms with Gasteiger partial charge in [-0.1, -0.05) is 186 Å². The third kappa shape index (κ3) is 40.0. The summed E-state index contributed by atoms with van der Waals surface area (Å²) in [4.78, 5) is 34.5. The predicted molar refractivity (Wildman–Crippen MR) is 221 cm³/mol. The van der Waals surface area contributed by atoms with Gasteiger partial charge in [-0.2, -0.15) is 0 Å². The topological polar surface area (TPSA) is 108 Å². The summed E-state index contributed by atoms with van der Waals surface area (Å²) in [6.07, 6.45) is 45.1. The minimum Gasteiger partial charge on any atom is -0.462 e. The van der Waals surface area contributed by atoms with Crippen molar-refractivity contribution in [2.24, 2.45) is 0 Å². The lowest BCUT2D eigenvalue weighted by Gasteiger charge is -2.19. The maximum Gasteiger partial charge on any atom is 0.472 e. The molecule has 0 heterocycles. The third-order valence-corrected chi connectivity index (χ3v) is 10.6. The maximum atomic E-state index is 12.5. The van der Waals surface area contributed by atoms with E-state index in [4.69, 9.17) is 14.0 Å². The Balaban J connectivity index is 3.96.